The summed E-state index contributed by atoms with van der Waals surface area (Å²) in [7, 11) is -1.21. The molecule has 0 aliphatic carbocycles. The average Bonchev–Trinajstić information content (AvgIpc) is 2.90. The van der Waals surface area contributed by atoms with E-state index >= 15 is 0 Å². The summed E-state index contributed by atoms with van der Waals surface area (Å²) in [6.07, 6.45) is 0. The lowest BCUT2D eigenvalue weighted by atomic mass is 10.2. The van der Waals surface area contributed by atoms with E-state index in [4.69, 9.17) is 4.42 Å². The Labute approximate surface area is 150 Å². The van der Waals surface area contributed by atoms with Crippen molar-refractivity contribution in [2.24, 2.45) is 0 Å². The quantitative estimate of drug-likeness (QED) is 0.775. The predicted molar refractivity (Wildman–Crippen MR) is 90.4 cm³/mol. The topological polar surface area (TPSA) is 109 Å². The van der Waals surface area contributed by atoms with Gasteiger partial charge in [0.05, 0.1) is 16.0 Å². The molecule has 0 unspecified atom stereocenters. The molecule has 0 saturated heterocycles. The van der Waals surface area contributed by atoms with E-state index in [9.17, 15) is 22.4 Å². The zero-order valence-corrected chi connectivity index (χ0v) is 15.4. The zero-order chi connectivity index (χ0) is 19.6. The molecule has 0 radical (unpaired) electrons. The van der Waals surface area contributed by atoms with Gasteiger partial charge in [-0.05, 0) is 38.1 Å². The minimum Gasteiger partial charge on any atom is -0.466 e. The van der Waals surface area contributed by atoms with E-state index in [2.05, 4.69) is 10.9 Å². The highest BCUT2D eigenvalue weighted by Gasteiger charge is 2.22. The summed E-state index contributed by atoms with van der Waals surface area (Å²) in [5.41, 5.74) is 3.88. The van der Waals surface area contributed by atoms with Crippen LogP contribution in [-0.4, -0.2) is 38.6 Å². The molecule has 26 heavy (non-hydrogen) atoms. The highest BCUT2D eigenvalue weighted by molar-refractivity contribution is 7.89. The second-order valence-electron chi connectivity index (χ2n) is 5.66. The average molecular weight is 383 g/mol. The van der Waals surface area contributed by atoms with E-state index in [1.54, 1.807) is 13.8 Å². The van der Waals surface area contributed by atoms with Gasteiger partial charge in [0.1, 0.15) is 17.3 Å². The van der Waals surface area contributed by atoms with E-state index in [0.29, 0.717) is 11.5 Å². The Balaban J connectivity index is 2.19. The summed E-state index contributed by atoms with van der Waals surface area (Å²) in [6.45, 7) is 3.24. The van der Waals surface area contributed by atoms with Crippen molar-refractivity contribution in [2.75, 3.05) is 14.1 Å². The van der Waals surface area contributed by atoms with Gasteiger partial charge in [-0.2, -0.15) is 0 Å². The maximum atomic E-state index is 13.9. The number of nitrogens with zero attached hydrogens (tertiary/aromatic N) is 1. The van der Waals surface area contributed by atoms with Crippen molar-refractivity contribution in [1.82, 2.24) is 15.2 Å². The molecule has 2 amide bonds. The first-order valence-corrected chi connectivity index (χ1v) is 8.88. The number of carbonyl (C=O) groups excluding carboxylic acids is 2. The summed E-state index contributed by atoms with van der Waals surface area (Å²) >= 11 is 0. The van der Waals surface area contributed by atoms with Gasteiger partial charge in [-0.25, -0.2) is 17.1 Å². The number of nitrogens with one attached hydrogen (secondary N) is 2. The summed E-state index contributed by atoms with van der Waals surface area (Å²) in [5, 5.41) is 0. The van der Waals surface area contributed by atoms with Crippen LogP contribution in [0.4, 0.5) is 4.39 Å². The number of hydrogen-bond donors (Lipinski definition) is 2. The van der Waals surface area contributed by atoms with Crippen LogP contribution in [0.25, 0.3) is 0 Å². The Bertz CT molecular complexity index is 966. The number of halogens is 1. The second-order valence-corrected chi connectivity index (χ2v) is 7.82. The number of benzene rings is 1. The number of sulfonamides is 1. The van der Waals surface area contributed by atoms with Crippen LogP contribution in [0.15, 0.2) is 33.6 Å². The Morgan fingerprint density at radius 2 is 1.62 bits per heavy atom. The van der Waals surface area contributed by atoms with Crippen LogP contribution in [0.1, 0.15) is 32.2 Å². The van der Waals surface area contributed by atoms with E-state index in [1.807, 2.05) is 0 Å². The molecule has 0 saturated carbocycles. The first-order chi connectivity index (χ1) is 12.0. The number of carbonyl (C=O) groups is 2. The fraction of sp³-hybridized carbons (Fsp3) is 0.250. The van der Waals surface area contributed by atoms with Crippen molar-refractivity contribution < 1.29 is 26.8 Å². The summed E-state index contributed by atoms with van der Waals surface area (Å²) in [5.74, 6) is -1.69. The third-order valence-corrected chi connectivity index (χ3v) is 5.35. The van der Waals surface area contributed by atoms with Crippen molar-refractivity contribution in [3.05, 3.63) is 52.7 Å². The molecule has 0 spiro atoms. The van der Waals surface area contributed by atoms with Gasteiger partial charge in [-0.3, -0.25) is 20.4 Å². The number of hydrogen-bond acceptors (Lipinski definition) is 5. The van der Waals surface area contributed by atoms with E-state index in [1.165, 1.54) is 20.2 Å². The molecular formula is C16H18FN3O5S. The standard InChI is InChI=1S/C16H18FN3O5S/c1-9-7-12(10(2)25-9)15(21)18-19-16(22)13-8-11(5-6-14(13)17)26(23,24)20(3)4/h5-8H,1-4H3,(H,18,21)(H,19,22). The molecule has 2 N–H and O–H groups in total. The number of aryl methyl sites for hydroxylation is 2. The molecule has 1 aromatic heterocycles. The van der Waals surface area contributed by atoms with Gasteiger partial charge < -0.3 is 4.42 Å². The first-order valence-electron chi connectivity index (χ1n) is 7.44. The summed E-state index contributed by atoms with van der Waals surface area (Å²) < 4.78 is 44.3. The predicted octanol–water partition coefficient (Wildman–Crippen LogP) is 1.36. The molecule has 1 aromatic carbocycles. The smallest absolute Gasteiger partial charge is 0.273 e. The first kappa shape index (κ1) is 19.6. The van der Waals surface area contributed by atoms with Crippen LogP contribution in [0.3, 0.4) is 0 Å². The Hall–Kier alpha value is -2.72. The van der Waals surface area contributed by atoms with E-state index in [0.717, 1.165) is 22.5 Å². The van der Waals surface area contributed by atoms with Gasteiger partial charge >= 0.3 is 0 Å². The molecule has 140 valence electrons. The zero-order valence-electron chi connectivity index (χ0n) is 14.6. The van der Waals surface area contributed by atoms with E-state index in [-0.39, 0.29) is 10.5 Å². The minimum atomic E-state index is -3.84. The SMILES string of the molecule is Cc1cc(C(=O)NNC(=O)c2cc(S(=O)(=O)N(C)C)ccc2F)c(C)o1. The summed E-state index contributed by atoms with van der Waals surface area (Å²) in [6, 6.07) is 4.31. The third-order valence-electron chi connectivity index (χ3n) is 3.54. The minimum absolute atomic E-state index is 0.215. The fourth-order valence-corrected chi connectivity index (χ4v) is 3.08. The van der Waals surface area contributed by atoms with Crippen molar-refractivity contribution in [3.8, 4) is 0 Å². The molecule has 0 atom stereocenters. The van der Waals surface area contributed by atoms with Gasteiger partial charge in [0.25, 0.3) is 11.8 Å². The molecular weight excluding hydrogens is 365 g/mol. The lowest BCUT2D eigenvalue weighted by molar-refractivity contribution is 0.0843. The molecule has 8 nitrogen and oxygen atoms in total. The second kappa shape index (κ2) is 7.26. The van der Waals surface area contributed by atoms with Crippen molar-refractivity contribution in [3.63, 3.8) is 0 Å². The maximum absolute atomic E-state index is 13.9. The van der Waals surface area contributed by atoms with Crippen LogP contribution in [0, 0.1) is 19.7 Å². The van der Waals surface area contributed by atoms with Crippen LogP contribution in [0.5, 0.6) is 0 Å². The number of furan rings is 1. The van der Waals surface area contributed by atoms with Crippen molar-refractivity contribution >= 4 is 21.8 Å². The van der Waals surface area contributed by atoms with Crippen LogP contribution < -0.4 is 10.9 Å². The van der Waals surface area contributed by atoms with Gasteiger partial charge in [-0.15, -0.1) is 0 Å². The van der Waals surface area contributed by atoms with Crippen molar-refractivity contribution in [2.45, 2.75) is 18.7 Å². The van der Waals surface area contributed by atoms with Crippen LogP contribution in [-0.2, 0) is 10.0 Å². The molecule has 2 rings (SSSR count). The molecule has 1 heterocycles. The van der Waals surface area contributed by atoms with Gasteiger partial charge in [0.2, 0.25) is 10.0 Å². The molecule has 10 heteroatoms. The maximum Gasteiger partial charge on any atom is 0.273 e. The van der Waals surface area contributed by atoms with Gasteiger partial charge in [-0.1, -0.05) is 0 Å². The molecule has 0 aliphatic heterocycles. The fourth-order valence-electron chi connectivity index (χ4n) is 2.15. The molecule has 0 fully saturated rings. The lowest BCUT2D eigenvalue weighted by Crippen LogP contribution is -2.42. The van der Waals surface area contributed by atoms with Crippen LogP contribution >= 0.6 is 0 Å². The molecule has 0 bridgehead atoms. The monoisotopic (exact) mass is 383 g/mol. The highest BCUT2D eigenvalue weighted by Crippen LogP contribution is 2.18. The normalized spacial score (nSPS) is 11.5. The Morgan fingerprint density at radius 1 is 1.04 bits per heavy atom. The van der Waals surface area contributed by atoms with E-state index < -0.39 is 33.2 Å². The molecule has 0 aliphatic rings. The Morgan fingerprint density at radius 3 is 2.12 bits per heavy atom. The largest absolute Gasteiger partial charge is 0.466 e. The van der Waals surface area contributed by atoms with Crippen molar-refractivity contribution in [1.29, 1.82) is 0 Å². The Kier molecular flexibility index (Phi) is 5.47. The molecule has 2 aromatic rings. The number of hydrazine groups is 1. The van der Waals surface area contributed by atoms with Gasteiger partial charge in [0.15, 0.2) is 0 Å². The van der Waals surface area contributed by atoms with Crippen LogP contribution in [0.2, 0.25) is 0 Å². The van der Waals surface area contributed by atoms with Gasteiger partial charge in [0, 0.05) is 14.1 Å². The number of amides is 2. The lowest BCUT2D eigenvalue weighted by Gasteiger charge is -2.13. The third kappa shape index (κ3) is 3.92. The number of rotatable bonds is 4. The highest BCUT2D eigenvalue weighted by atomic mass is 32.2. The summed E-state index contributed by atoms with van der Waals surface area (Å²) in [4.78, 5) is 23.9.